The van der Waals surface area contributed by atoms with Crippen LogP contribution in [0.15, 0.2) is 18.2 Å². The Morgan fingerprint density at radius 1 is 1.19 bits per heavy atom. The quantitative estimate of drug-likeness (QED) is 0.738. The molecule has 1 fully saturated rings. The van der Waals surface area contributed by atoms with Crippen LogP contribution in [0.1, 0.15) is 57.4 Å². The summed E-state index contributed by atoms with van der Waals surface area (Å²) in [5.41, 5.74) is 0.580. The first kappa shape index (κ1) is 16.4. The lowest BCUT2D eigenvalue weighted by molar-refractivity contribution is 0.222. The van der Waals surface area contributed by atoms with Crippen molar-refractivity contribution in [3.63, 3.8) is 0 Å². The summed E-state index contributed by atoms with van der Waals surface area (Å²) in [5.74, 6) is 0.614. The summed E-state index contributed by atoms with van der Waals surface area (Å²) >= 11 is 0. The molecule has 0 radical (unpaired) electrons. The van der Waals surface area contributed by atoms with Crippen LogP contribution in [-0.2, 0) is 0 Å². The van der Waals surface area contributed by atoms with Crippen LogP contribution in [0.25, 0.3) is 0 Å². The van der Waals surface area contributed by atoms with Crippen LogP contribution < -0.4 is 5.32 Å². The first-order chi connectivity index (χ1) is 10.2. The summed E-state index contributed by atoms with van der Waals surface area (Å²) in [6, 6.07) is 3.89. The van der Waals surface area contributed by atoms with Gasteiger partial charge in [-0.2, -0.15) is 0 Å². The molecule has 0 heterocycles. The van der Waals surface area contributed by atoms with Crippen molar-refractivity contribution in [3.05, 3.63) is 35.4 Å². The first-order valence-corrected chi connectivity index (χ1v) is 8.31. The van der Waals surface area contributed by atoms with Gasteiger partial charge in [0, 0.05) is 0 Å². The van der Waals surface area contributed by atoms with E-state index in [1.54, 1.807) is 0 Å². The summed E-state index contributed by atoms with van der Waals surface area (Å²) in [6.45, 7) is 6.24. The smallest absolute Gasteiger partial charge is 0.126 e. The minimum Gasteiger partial charge on any atom is -0.316 e. The predicted molar refractivity (Wildman–Crippen MR) is 83.4 cm³/mol. The molecule has 2 rings (SSSR count). The zero-order chi connectivity index (χ0) is 15.2. The van der Waals surface area contributed by atoms with Gasteiger partial charge < -0.3 is 5.32 Å². The maximum absolute atomic E-state index is 14.2. The number of hydrogen-bond donors (Lipinski definition) is 1. The van der Waals surface area contributed by atoms with Gasteiger partial charge in [-0.15, -0.1) is 0 Å². The number of benzene rings is 1. The first-order valence-electron chi connectivity index (χ1n) is 8.31. The lowest BCUT2D eigenvalue weighted by Crippen LogP contribution is -2.32. The maximum atomic E-state index is 14.2. The topological polar surface area (TPSA) is 12.0 Å². The van der Waals surface area contributed by atoms with Gasteiger partial charge in [0.25, 0.3) is 0 Å². The summed E-state index contributed by atoms with van der Waals surface area (Å²) < 4.78 is 27.7. The highest BCUT2D eigenvalue weighted by Crippen LogP contribution is 2.42. The van der Waals surface area contributed by atoms with Crippen molar-refractivity contribution < 1.29 is 8.78 Å². The third-order valence-corrected chi connectivity index (χ3v) is 4.87. The van der Waals surface area contributed by atoms with E-state index < -0.39 is 0 Å². The highest BCUT2D eigenvalue weighted by molar-refractivity contribution is 5.24. The van der Waals surface area contributed by atoms with E-state index in [-0.39, 0.29) is 17.6 Å². The third kappa shape index (κ3) is 4.26. The monoisotopic (exact) mass is 295 g/mol. The Hall–Kier alpha value is -0.960. The van der Waals surface area contributed by atoms with Gasteiger partial charge in [0.05, 0.1) is 0 Å². The lowest BCUT2D eigenvalue weighted by atomic mass is 9.70. The highest BCUT2D eigenvalue weighted by atomic mass is 19.1. The average molecular weight is 295 g/mol. The normalized spacial score (nSPS) is 26.0. The molecule has 3 heteroatoms. The van der Waals surface area contributed by atoms with Crippen molar-refractivity contribution in [1.29, 1.82) is 0 Å². The van der Waals surface area contributed by atoms with Gasteiger partial charge in [0.15, 0.2) is 0 Å². The zero-order valence-electron chi connectivity index (χ0n) is 13.2. The highest BCUT2D eigenvalue weighted by Gasteiger charge is 2.32. The van der Waals surface area contributed by atoms with E-state index in [4.69, 9.17) is 0 Å². The molecule has 1 aromatic carbocycles. The molecule has 21 heavy (non-hydrogen) atoms. The fourth-order valence-corrected chi connectivity index (χ4v) is 3.58. The zero-order valence-corrected chi connectivity index (χ0v) is 13.2. The molecule has 0 spiro atoms. The fourth-order valence-electron chi connectivity index (χ4n) is 3.58. The van der Waals surface area contributed by atoms with E-state index >= 15 is 0 Å². The van der Waals surface area contributed by atoms with E-state index in [1.165, 1.54) is 24.6 Å². The molecule has 1 N–H and O–H groups in total. The predicted octanol–water partition coefficient (Wildman–Crippen LogP) is 4.87. The Morgan fingerprint density at radius 3 is 2.71 bits per heavy atom. The Morgan fingerprint density at radius 2 is 2.00 bits per heavy atom. The molecule has 118 valence electrons. The Bertz CT molecular complexity index is 445. The molecule has 3 atom stereocenters. The van der Waals surface area contributed by atoms with Crippen LogP contribution in [-0.4, -0.2) is 13.1 Å². The molecule has 3 unspecified atom stereocenters. The van der Waals surface area contributed by atoms with E-state index in [1.807, 2.05) is 0 Å². The van der Waals surface area contributed by atoms with Crippen LogP contribution >= 0.6 is 0 Å². The largest absolute Gasteiger partial charge is 0.316 e. The van der Waals surface area contributed by atoms with E-state index in [0.29, 0.717) is 17.4 Å². The minimum atomic E-state index is -0.328. The molecule has 1 nitrogen and oxygen atoms in total. The Kier molecular flexibility index (Phi) is 6.16. The molecular formula is C18H27F2N. The second-order valence-electron chi connectivity index (χ2n) is 6.32. The Balaban J connectivity index is 2.17. The summed E-state index contributed by atoms with van der Waals surface area (Å²) in [5, 5.41) is 3.46. The molecule has 0 saturated heterocycles. The van der Waals surface area contributed by atoms with Gasteiger partial charge in [-0.05, 0) is 73.9 Å². The van der Waals surface area contributed by atoms with Gasteiger partial charge >= 0.3 is 0 Å². The van der Waals surface area contributed by atoms with Crippen LogP contribution in [0.5, 0.6) is 0 Å². The molecule has 1 aromatic rings. The van der Waals surface area contributed by atoms with E-state index in [0.717, 1.165) is 38.8 Å². The van der Waals surface area contributed by atoms with Crippen molar-refractivity contribution in [2.24, 2.45) is 11.8 Å². The molecule has 0 aliphatic heterocycles. The number of halogens is 2. The van der Waals surface area contributed by atoms with Crippen LogP contribution in [0.4, 0.5) is 8.78 Å². The third-order valence-electron chi connectivity index (χ3n) is 4.87. The van der Waals surface area contributed by atoms with Crippen LogP contribution in [0.3, 0.4) is 0 Å². The van der Waals surface area contributed by atoms with Gasteiger partial charge in [0.2, 0.25) is 0 Å². The molecule has 0 aromatic heterocycles. The van der Waals surface area contributed by atoms with Crippen molar-refractivity contribution >= 4 is 0 Å². The maximum Gasteiger partial charge on any atom is 0.126 e. The number of hydrogen-bond acceptors (Lipinski definition) is 1. The van der Waals surface area contributed by atoms with E-state index in [9.17, 15) is 8.78 Å². The minimum absolute atomic E-state index is 0.142. The second kappa shape index (κ2) is 7.88. The lowest BCUT2D eigenvalue weighted by Gasteiger charge is -2.36. The number of rotatable bonds is 6. The summed E-state index contributed by atoms with van der Waals surface area (Å²) in [6.07, 6.45) is 5.53. The molecule has 0 amide bonds. The Labute approximate surface area is 127 Å². The van der Waals surface area contributed by atoms with Crippen LogP contribution in [0, 0.1) is 23.5 Å². The number of nitrogens with one attached hydrogen (secondary N) is 1. The van der Waals surface area contributed by atoms with Crippen molar-refractivity contribution in [2.45, 2.75) is 51.9 Å². The van der Waals surface area contributed by atoms with Gasteiger partial charge in [0.1, 0.15) is 11.6 Å². The summed E-state index contributed by atoms with van der Waals surface area (Å²) in [7, 11) is 0. The SMILES string of the molecule is CCCNCC1CCC(CC)CC1c1cc(F)ccc1F. The average Bonchev–Trinajstić information content (AvgIpc) is 2.50. The van der Waals surface area contributed by atoms with E-state index in [2.05, 4.69) is 19.2 Å². The summed E-state index contributed by atoms with van der Waals surface area (Å²) in [4.78, 5) is 0. The van der Waals surface area contributed by atoms with Crippen molar-refractivity contribution in [1.82, 2.24) is 5.32 Å². The van der Waals surface area contributed by atoms with Crippen LogP contribution in [0.2, 0.25) is 0 Å². The molecule has 1 saturated carbocycles. The molecular weight excluding hydrogens is 268 g/mol. The molecule has 1 aliphatic rings. The molecule has 0 bridgehead atoms. The second-order valence-corrected chi connectivity index (χ2v) is 6.32. The van der Waals surface area contributed by atoms with Gasteiger partial charge in [-0.25, -0.2) is 8.78 Å². The van der Waals surface area contributed by atoms with Gasteiger partial charge in [-0.1, -0.05) is 26.7 Å². The van der Waals surface area contributed by atoms with Crippen molar-refractivity contribution in [3.8, 4) is 0 Å². The standard InChI is InChI=1S/C18H27F2N/c1-3-9-21-12-14-6-5-13(4-2)10-16(14)17-11-15(19)7-8-18(17)20/h7-8,11,13-14,16,21H,3-6,9-10,12H2,1-2H3. The van der Waals surface area contributed by atoms with Crippen molar-refractivity contribution in [2.75, 3.05) is 13.1 Å². The molecule has 1 aliphatic carbocycles. The fraction of sp³-hybridized carbons (Fsp3) is 0.667. The van der Waals surface area contributed by atoms with Gasteiger partial charge in [-0.3, -0.25) is 0 Å².